The van der Waals surface area contributed by atoms with Crippen LogP contribution in [0.3, 0.4) is 0 Å². The molecule has 0 fully saturated rings. The second-order valence-electron chi connectivity index (χ2n) is 7.57. The van der Waals surface area contributed by atoms with Crippen molar-refractivity contribution in [2.75, 3.05) is 0 Å². The fourth-order valence-corrected chi connectivity index (χ4v) is 3.98. The topological polar surface area (TPSA) is 59.3 Å². The van der Waals surface area contributed by atoms with Crippen molar-refractivity contribution in [3.05, 3.63) is 99.5 Å². The average molecular weight is 444 g/mol. The van der Waals surface area contributed by atoms with E-state index in [1.165, 1.54) is 35.0 Å². The first-order valence-electron chi connectivity index (χ1n) is 10.0. The van der Waals surface area contributed by atoms with Gasteiger partial charge in [0.25, 0.3) is 5.56 Å². The monoisotopic (exact) mass is 444 g/mol. The Balaban J connectivity index is 1.83. The first-order chi connectivity index (χ1) is 15.1. The number of alkyl halides is 3. The van der Waals surface area contributed by atoms with Crippen LogP contribution in [0.5, 0.6) is 0 Å². The summed E-state index contributed by atoms with van der Waals surface area (Å²) in [4.78, 5) is 20.3. The fourth-order valence-electron chi connectivity index (χ4n) is 3.98. The van der Waals surface area contributed by atoms with Crippen molar-refractivity contribution in [3.8, 4) is 0 Å². The molecule has 0 saturated carbocycles. The number of hydrogen-bond donors (Lipinski definition) is 1. The number of hydrogen-bond acceptors (Lipinski definition) is 4. The lowest BCUT2D eigenvalue weighted by Crippen LogP contribution is -2.48. The van der Waals surface area contributed by atoms with Crippen LogP contribution < -0.4 is 10.9 Å². The van der Waals surface area contributed by atoms with Gasteiger partial charge in [-0.05, 0) is 43.7 Å². The Bertz CT molecular complexity index is 1220. The minimum Gasteiger partial charge on any atom is -0.354 e. The van der Waals surface area contributed by atoms with Gasteiger partial charge in [-0.25, -0.2) is 4.39 Å². The highest BCUT2D eigenvalue weighted by atomic mass is 19.4. The summed E-state index contributed by atoms with van der Waals surface area (Å²) < 4.78 is 54.3. The molecule has 2 atom stereocenters. The summed E-state index contributed by atoms with van der Waals surface area (Å²) in [6.45, 7) is 4.13. The maximum absolute atomic E-state index is 13.6. The maximum Gasteiger partial charge on any atom is 0.433 e. The van der Waals surface area contributed by atoms with Crippen molar-refractivity contribution in [1.82, 2.24) is 14.9 Å². The quantitative estimate of drug-likeness (QED) is 0.617. The Hall–Kier alpha value is -3.49. The van der Waals surface area contributed by atoms with E-state index in [0.717, 1.165) is 6.07 Å². The van der Waals surface area contributed by atoms with Gasteiger partial charge < -0.3 is 9.88 Å². The highest BCUT2D eigenvalue weighted by Gasteiger charge is 2.46. The number of aliphatic imine (C=N–C) groups is 1. The third kappa shape index (κ3) is 3.68. The van der Waals surface area contributed by atoms with Gasteiger partial charge >= 0.3 is 6.18 Å². The van der Waals surface area contributed by atoms with Crippen LogP contribution in [0, 0.1) is 5.82 Å². The molecule has 3 aromatic rings. The molecule has 4 rings (SSSR count). The van der Waals surface area contributed by atoms with Crippen molar-refractivity contribution in [3.63, 3.8) is 0 Å². The number of benzene rings is 1. The van der Waals surface area contributed by atoms with Crippen LogP contribution in [0.15, 0.2) is 70.7 Å². The Morgan fingerprint density at radius 3 is 2.34 bits per heavy atom. The summed E-state index contributed by atoms with van der Waals surface area (Å²) >= 11 is 0. The fraction of sp³-hybridized carbons (Fsp3) is 0.261. The Morgan fingerprint density at radius 1 is 1.06 bits per heavy atom. The molecule has 1 aromatic carbocycles. The summed E-state index contributed by atoms with van der Waals surface area (Å²) in [5.41, 5.74) is -0.505. The van der Waals surface area contributed by atoms with Gasteiger partial charge in [0.1, 0.15) is 22.9 Å². The molecule has 32 heavy (non-hydrogen) atoms. The van der Waals surface area contributed by atoms with E-state index in [0.29, 0.717) is 29.1 Å². The lowest BCUT2D eigenvalue weighted by atomic mass is 9.79. The van der Waals surface area contributed by atoms with Crippen LogP contribution in [0.4, 0.5) is 17.6 Å². The third-order valence-corrected chi connectivity index (χ3v) is 5.67. The molecule has 1 aliphatic rings. The lowest BCUT2D eigenvalue weighted by molar-refractivity contribution is -0.141. The molecule has 3 heterocycles. The predicted octanol–water partition coefficient (Wildman–Crippen LogP) is 4.10. The Morgan fingerprint density at radius 2 is 1.75 bits per heavy atom. The zero-order valence-electron chi connectivity index (χ0n) is 17.3. The zero-order chi connectivity index (χ0) is 23.1. The minimum atomic E-state index is -4.56. The molecule has 5 nitrogen and oxygen atoms in total. The molecule has 0 bridgehead atoms. The SMILES string of the molecule is CCn1cc(C2=N[C@@H](C)[C@](c3ccc(F)cc3)(c3ccc(C(F)(F)F)nc3)N2)ccc1=O. The van der Waals surface area contributed by atoms with Gasteiger partial charge in [-0.3, -0.25) is 14.8 Å². The van der Waals surface area contributed by atoms with Crippen molar-refractivity contribution in [1.29, 1.82) is 0 Å². The molecule has 0 spiro atoms. The van der Waals surface area contributed by atoms with Gasteiger partial charge in [-0.2, -0.15) is 13.2 Å². The van der Waals surface area contributed by atoms with Crippen molar-refractivity contribution in [2.24, 2.45) is 4.99 Å². The number of aromatic nitrogens is 2. The lowest BCUT2D eigenvalue weighted by Gasteiger charge is -2.35. The number of halogens is 4. The summed E-state index contributed by atoms with van der Waals surface area (Å²) in [7, 11) is 0. The van der Waals surface area contributed by atoms with Gasteiger partial charge in [0.2, 0.25) is 0 Å². The third-order valence-electron chi connectivity index (χ3n) is 5.67. The summed E-state index contributed by atoms with van der Waals surface area (Å²) in [5.74, 6) is 0.0418. The van der Waals surface area contributed by atoms with E-state index in [-0.39, 0.29) is 5.56 Å². The molecule has 0 unspecified atom stereocenters. The molecule has 2 aromatic heterocycles. The molecule has 0 saturated heterocycles. The normalized spacial score (nSPS) is 20.7. The van der Waals surface area contributed by atoms with Crippen LogP contribution in [0.2, 0.25) is 0 Å². The highest BCUT2D eigenvalue weighted by Crippen LogP contribution is 2.39. The summed E-state index contributed by atoms with van der Waals surface area (Å²) in [6, 6.07) is 10.6. The number of nitrogens with zero attached hydrogens (tertiary/aromatic N) is 3. The van der Waals surface area contributed by atoms with Crippen molar-refractivity contribution < 1.29 is 17.6 Å². The summed E-state index contributed by atoms with van der Waals surface area (Å²) in [6.07, 6.45) is -1.72. The number of amidine groups is 1. The van der Waals surface area contributed by atoms with Crippen molar-refractivity contribution in [2.45, 2.75) is 38.1 Å². The van der Waals surface area contributed by atoms with Gasteiger partial charge in [0.15, 0.2) is 0 Å². The van der Waals surface area contributed by atoms with E-state index in [1.807, 2.05) is 13.8 Å². The first-order valence-corrected chi connectivity index (χ1v) is 10.0. The molecule has 0 radical (unpaired) electrons. The molecule has 166 valence electrons. The molecular weight excluding hydrogens is 424 g/mol. The number of pyridine rings is 2. The zero-order valence-corrected chi connectivity index (χ0v) is 17.3. The highest BCUT2D eigenvalue weighted by molar-refractivity contribution is 6.01. The second kappa shape index (κ2) is 7.89. The van der Waals surface area contributed by atoms with Crippen LogP contribution in [-0.4, -0.2) is 21.4 Å². The molecule has 9 heteroatoms. The van der Waals surface area contributed by atoms with E-state index in [1.54, 1.807) is 24.4 Å². The van der Waals surface area contributed by atoms with Crippen LogP contribution in [0.1, 0.15) is 36.2 Å². The van der Waals surface area contributed by atoms with E-state index >= 15 is 0 Å². The van der Waals surface area contributed by atoms with Crippen LogP contribution in [0.25, 0.3) is 0 Å². The summed E-state index contributed by atoms with van der Waals surface area (Å²) in [5, 5.41) is 3.34. The van der Waals surface area contributed by atoms with E-state index in [2.05, 4.69) is 10.3 Å². The van der Waals surface area contributed by atoms with Gasteiger partial charge in [-0.1, -0.05) is 18.2 Å². The van der Waals surface area contributed by atoms with Gasteiger partial charge in [-0.15, -0.1) is 0 Å². The van der Waals surface area contributed by atoms with Crippen LogP contribution in [-0.2, 0) is 18.3 Å². The van der Waals surface area contributed by atoms with Crippen molar-refractivity contribution >= 4 is 5.84 Å². The van der Waals surface area contributed by atoms with Gasteiger partial charge in [0.05, 0.1) is 6.04 Å². The average Bonchev–Trinajstić information content (AvgIpc) is 3.12. The smallest absolute Gasteiger partial charge is 0.354 e. The van der Waals surface area contributed by atoms with Crippen LogP contribution >= 0.6 is 0 Å². The van der Waals surface area contributed by atoms with E-state index in [9.17, 15) is 22.4 Å². The minimum absolute atomic E-state index is 0.153. The first kappa shape index (κ1) is 21.7. The molecule has 1 aliphatic heterocycles. The number of rotatable bonds is 4. The molecule has 0 aliphatic carbocycles. The predicted molar refractivity (Wildman–Crippen MR) is 112 cm³/mol. The molecule has 0 amide bonds. The number of aryl methyl sites for hydroxylation is 1. The molecule has 1 N–H and O–H groups in total. The second-order valence-corrected chi connectivity index (χ2v) is 7.57. The Labute approximate surface area is 181 Å². The molecular formula is C23H20F4N4O. The largest absolute Gasteiger partial charge is 0.433 e. The standard InChI is InChI=1S/C23H20F4N4O/c1-3-31-13-15(4-11-20(31)32)21-29-14(2)22(30-21,16-5-8-18(24)9-6-16)17-7-10-19(28-12-17)23(25,26)27/h4-14H,3H2,1-2H3,(H,29,30)/t14-,22-/m0/s1. The van der Waals surface area contributed by atoms with Gasteiger partial charge in [0, 0.05) is 36.1 Å². The Kier molecular flexibility index (Phi) is 5.36. The van der Waals surface area contributed by atoms with E-state index in [4.69, 9.17) is 4.99 Å². The maximum atomic E-state index is 13.6. The number of nitrogens with one attached hydrogen (secondary N) is 1. The van der Waals surface area contributed by atoms with E-state index < -0.39 is 29.3 Å².